The van der Waals surface area contributed by atoms with E-state index in [0.717, 1.165) is 11.1 Å². The van der Waals surface area contributed by atoms with Crippen LogP contribution in [0.3, 0.4) is 0 Å². The van der Waals surface area contributed by atoms with Crippen LogP contribution in [0.15, 0.2) is 48.5 Å². The molecule has 2 aromatic carbocycles. The first-order chi connectivity index (χ1) is 12.8. The second-order valence-electron chi connectivity index (χ2n) is 6.69. The fraction of sp³-hybridized carbons (Fsp3) is 0.333. The standard InChI is InChI=1S/C21H23Cl2NO3/c1-13(2)20(15-8-10-16(22)11-9-15)21(26)27-12-19(25)24-14(3)17-6-4-5-7-18(17)23/h4-11,13-14,20H,12H2,1-3H3,(H,24,25)/t14-,20-/m1/s1. The Hall–Kier alpha value is -2.04. The number of amides is 1. The largest absolute Gasteiger partial charge is 0.455 e. The highest BCUT2D eigenvalue weighted by Gasteiger charge is 2.26. The molecule has 0 saturated carbocycles. The number of nitrogens with one attached hydrogen (secondary N) is 1. The second kappa shape index (κ2) is 9.77. The summed E-state index contributed by atoms with van der Waals surface area (Å²) in [6, 6.07) is 14.1. The molecule has 4 nitrogen and oxygen atoms in total. The Balaban J connectivity index is 1.95. The van der Waals surface area contributed by atoms with Gasteiger partial charge in [-0.2, -0.15) is 0 Å². The van der Waals surface area contributed by atoms with E-state index in [4.69, 9.17) is 27.9 Å². The molecule has 0 radical (unpaired) electrons. The van der Waals surface area contributed by atoms with E-state index in [2.05, 4.69) is 5.32 Å². The molecule has 0 spiro atoms. The van der Waals surface area contributed by atoms with Gasteiger partial charge in [0.05, 0.1) is 12.0 Å². The van der Waals surface area contributed by atoms with E-state index in [9.17, 15) is 9.59 Å². The summed E-state index contributed by atoms with van der Waals surface area (Å²) >= 11 is 12.0. The summed E-state index contributed by atoms with van der Waals surface area (Å²) in [4.78, 5) is 24.7. The van der Waals surface area contributed by atoms with Gasteiger partial charge in [0.2, 0.25) is 0 Å². The molecule has 2 rings (SSSR count). The van der Waals surface area contributed by atoms with Crippen molar-refractivity contribution in [3.63, 3.8) is 0 Å². The molecule has 0 fully saturated rings. The zero-order valence-corrected chi connectivity index (χ0v) is 17.1. The number of esters is 1. The van der Waals surface area contributed by atoms with Crippen LogP contribution in [0, 0.1) is 5.92 Å². The molecule has 0 bridgehead atoms. The van der Waals surface area contributed by atoms with E-state index >= 15 is 0 Å². The van der Waals surface area contributed by atoms with Crippen molar-refractivity contribution >= 4 is 35.1 Å². The summed E-state index contributed by atoms with van der Waals surface area (Å²) in [5.41, 5.74) is 1.62. The first kappa shape index (κ1) is 21.3. The third kappa shape index (κ3) is 5.98. The fourth-order valence-corrected chi connectivity index (χ4v) is 3.30. The molecule has 6 heteroatoms. The molecule has 144 valence electrons. The highest BCUT2D eigenvalue weighted by Crippen LogP contribution is 2.27. The Labute approximate surface area is 169 Å². The van der Waals surface area contributed by atoms with Crippen LogP contribution in [-0.4, -0.2) is 18.5 Å². The van der Waals surface area contributed by atoms with Gasteiger partial charge in [0, 0.05) is 10.0 Å². The van der Waals surface area contributed by atoms with Gasteiger partial charge in [-0.15, -0.1) is 0 Å². The molecule has 0 aliphatic heterocycles. The van der Waals surface area contributed by atoms with Gasteiger partial charge in [0.15, 0.2) is 6.61 Å². The van der Waals surface area contributed by atoms with Gasteiger partial charge in [-0.25, -0.2) is 0 Å². The summed E-state index contributed by atoms with van der Waals surface area (Å²) in [5.74, 6) is -1.26. The minimum Gasteiger partial charge on any atom is -0.455 e. The quantitative estimate of drug-likeness (QED) is 0.645. The van der Waals surface area contributed by atoms with Crippen molar-refractivity contribution in [2.45, 2.75) is 32.7 Å². The van der Waals surface area contributed by atoms with Gasteiger partial charge in [0.25, 0.3) is 5.91 Å². The smallest absolute Gasteiger partial charge is 0.314 e. The Morgan fingerprint density at radius 1 is 1.00 bits per heavy atom. The van der Waals surface area contributed by atoms with Crippen molar-refractivity contribution in [1.29, 1.82) is 0 Å². The van der Waals surface area contributed by atoms with Gasteiger partial charge in [-0.1, -0.05) is 67.4 Å². The topological polar surface area (TPSA) is 55.4 Å². The van der Waals surface area contributed by atoms with Crippen LogP contribution < -0.4 is 5.32 Å². The van der Waals surface area contributed by atoms with Gasteiger partial charge in [0.1, 0.15) is 0 Å². The minimum absolute atomic E-state index is 0.0174. The maximum Gasteiger partial charge on any atom is 0.314 e. The third-order valence-electron chi connectivity index (χ3n) is 4.24. The van der Waals surface area contributed by atoms with Crippen molar-refractivity contribution in [3.05, 3.63) is 69.7 Å². The zero-order valence-electron chi connectivity index (χ0n) is 15.5. The predicted molar refractivity (Wildman–Crippen MR) is 108 cm³/mol. The Morgan fingerprint density at radius 3 is 2.22 bits per heavy atom. The summed E-state index contributed by atoms with van der Waals surface area (Å²) in [7, 11) is 0. The molecule has 0 aliphatic rings. The maximum absolute atomic E-state index is 12.5. The van der Waals surface area contributed by atoms with Crippen LogP contribution in [0.2, 0.25) is 10.0 Å². The minimum atomic E-state index is -0.462. The summed E-state index contributed by atoms with van der Waals surface area (Å²) < 4.78 is 5.26. The zero-order chi connectivity index (χ0) is 20.0. The van der Waals surface area contributed by atoms with Crippen LogP contribution in [-0.2, 0) is 14.3 Å². The number of rotatable bonds is 7. The number of halogens is 2. The number of ether oxygens (including phenoxy) is 1. The highest BCUT2D eigenvalue weighted by atomic mass is 35.5. The molecule has 2 atom stereocenters. The molecule has 0 aliphatic carbocycles. The molecule has 0 saturated heterocycles. The summed E-state index contributed by atoms with van der Waals surface area (Å²) in [6.45, 7) is 5.34. The van der Waals surface area contributed by atoms with Gasteiger partial charge in [-0.3, -0.25) is 9.59 Å². The molecule has 0 aromatic heterocycles. The molecule has 27 heavy (non-hydrogen) atoms. The van der Waals surface area contributed by atoms with Crippen LogP contribution in [0.4, 0.5) is 0 Å². The number of hydrogen-bond donors (Lipinski definition) is 1. The molecular weight excluding hydrogens is 385 g/mol. The molecule has 1 N–H and O–H groups in total. The average Bonchev–Trinajstić information content (AvgIpc) is 2.62. The predicted octanol–water partition coefficient (Wildman–Crippen LogP) is 5.15. The maximum atomic E-state index is 12.5. The van der Waals surface area contributed by atoms with Gasteiger partial charge < -0.3 is 10.1 Å². The molecule has 0 unspecified atom stereocenters. The molecule has 2 aromatic rings. The third-order valence-corrected chi connectivity index (χ3v) is 4.84. The van der Waals surface area contributed by atoms with Crippen molar-refractivity contribution < 1.29 is 14.3 Å². The van der Waals surface area contributed by atoms with Crippen LogP contribution in [0.1, 0.15) is 43.9 Å². The average molecular weight is 408 g/mol. The van der Waals surface area contributed by atoms with Crippen molar-refractivity contribution in [3.8, 4) is 0 Å². The number of hydrogen-bond acceptors (Lipinski definition) is 3. The van der Waals surface area contributed by atoms with Gasteiger partial charge in [-0.05, 0) is 42.2 Å². The van der Waals surface area contributed by atoms with Crippen molar-refractivity contribution in [1.82, 2.24) is 5.32 Å². The molecule has 1 amide bonds. The lowest BCUT2D eigenvalue weighted by Gasteiger charge is -2.20. The lowest BCUT2D eigenvalue weighted by molar-refractivity contribution is -0.151. The van der Waals surface area contributed by atoms with Crippen LogP contribution in [0.25, 0.3) is 0 Å². The lowest BCUT2D eigenvalue weighted by Crippen LogP contribution is -2.32. The summed E-state index contributed by atoms with van der Waals surface area (Å²) in [6.07, 6.45) is 0. The van der Waals surface area contributed by atoms with E-state index in [1.54, 1.807) is 30.3 Å². The van der Waals surface area contributed by atoms with Crippen molar-refractivity contribution in [2.75, 3.05) is 6.61 Å². The van der Waals surface area contributed by atoms with Crippen LogP contribution in [0.5, 0.6) is 0 Å². The van der Waals surface area contributed by atoms with Crippen molar-refractivity contribution in [2.24, 2.45) is 5.92 Å². The number of benzene rings is 2. The van der Waals surface area contributed by atoms with Gasteiger partial charge >= 0.3 is 5.97 Å². The second-order valence-corrected chi connectivity index (χ2v) is 7.54. The Bertz CT molecular complexity index is 790. The highest BCUT2D eigenvalue weighted by molar-refractivity contribution is 6.31. The molecule has 0 heterocycles. The molecular formula is C21H23Cl2NO3. The first-order valence-electron chi connectivity index (χ1n) is 8.75. The number of carbonyl (C=O) groups excluding carboxylic acids is 2. The van der Waals surface area contributed by atoms with E-state index in [1.807, 2.05) is 39.0 Å². The monoisotopic (exact) mass is 407 g/mol. The Morgan fingerprint density at radius 2 is 1.63 bits per heavy atom. The van der Waals surface area contributed by atoms with E-state index in [-0.39, 0.29) is 24.5 Å². The van der Waals surface area contributed by atoms with E-state index in [1.165, 1.54) is 0 Å². The van der Waals surface area contributed by atoms with E-state index < -0.39 is 11.9 Å². The van der Waals surface area contributed by atoms with Crippen LogP contribution >= 0.6 is 23.2 Å². The fourth-order valence-electron chi connectivity index (χ4n) is 2.88. The summed E-state index contributed by atoms with van der Waals surface area (Å²) in [5, 5.41) is 3.96. The Kier molecular flexibility index (Phi) is 7.69. The first-order valence-corrected chi connectivity index (χ1v) is 9.51. The van der Waals surface area contributed by atoms with E-state index in [0.29, 0.717) is 10.0 Å². The lowest BCUT2D eigenvalue weighted by atomic mass is 9.88. The SMILES string of the molecule is CC(C)[C@@H](C(=O)OCC(=O)N[C@H](C)c1ccccc1Cl)c1ccc(Cl)cc1. The normalized spacial score (nSPS) is 13.1. The number of carbonyl (C=O) groups is 2.